The predicted molar refractivity (Wildman–Crippen MR) is 84.0 cm³/mol. The highest BCUT2D eigenvalue weighted by atomic mass is 35.5. The number of aromatic nitrogens is 4. The molecule has 1 saturated carbocycles. The second-order valence-corrected chi connectivity index (χ2v) is 5.82. The number of fused-ring (bicyclic) bond motifs is 1. The van der Waals surface area contributed by atoms with Crippen LogP contribution in [0.5, 0.6) is 0 Å². The van der Waals surface area contributed by atoms with E-state index in [9.17, 15) is 0 Å². The highest BCUT2D eigenvalue weighted by molar-refractivity contribution is 6.28. The van der Waals surface area contributed by atoms with Gasteiger partial charge >= 0.3 is 0 Å². The summed E-state index contributed by atoms with van der Waals surface area (Å²) >= 11 is 6.06. The molecule has 120 valence electrons. The molecular formula is C14H20ClN5O2. The number of anilines is 1. The molecule has 7 nitrogen and oxygen atoms in total. The van der Waals surface area contributed by atoms with Crippen molar-refractivity contribution in [3.8, 4) is 0 Å². The first-order chi connectivity index (χ1) is 10.7. The van der Waals surface area contributed by atoms with E-state index in [-0.39, 0.29) is 24.7 Å². The molecule has 1 unspecified atom stereocenters. The largest absolute Gasteiger partial charge is 0.394 e. The lowest BCUT2D eigenvalue weighted by Crippen LogP contribution is -2.22. The van der Waals surface area contributed by atoms with Gasteiger partial charge in [0.25, 0.3) is 0 Å². The third kappa shape index (κ3) is 3.16. The number of aliphatic hydroxyl groups excluding tert-OH is 1. The Morgan fingerprint density at radius 3 is 2.95 bits per heavy atom. The summed E-state index contributed by atoms with van der Waals surface area (Å²) in [6.07, 6.45) is 6.27. The fraction of sp³-hybridized carbons (Fsp3) is 0.643. The molecule has 1 aliphatic rings. The number of hydrogen-bond acceptors (Lipinski definition) is 6. The molecule has 1 atom stereocenters. The van der Waals surface area contributed by atoms with Crippen LogP contribution in [0, 0.1) is 0 Å². The van der Waals surface area contributed by atoms with E-state index in [1.165, 1.54) is 12.8 Å². The molecule has 0 spiro atoms. The van der Waals surface area contributed by atoms with Crippen LogP contribution in [0.3, 0.4) is 0 Å². The highest BCUT2D eigenvalue weighted by Gasteiger charge is 2.22. The molecule has 22 heavy (non-hydrogen) atoms. The summed E-state index contributed by atoms with van der Waals surface area (Å²) in [5.41, 5.74) is 1.44. The fourth-order valence-electron chi connectivity index (χ4n) is 2.90. The van der Waals surface area contributed by atoms with Crippen molar-refractivity contribution in [1.29, 1.82) is 0 Å². The fourth-order valence-corrected chi connectivity index (χ4v) is 3.07. The minimum absolute atomic E-state index is 0.0255. The lowest BCUT2D eigenvalue weighted by Gasteiger charge is -2.16. The zero-order valence-electron chi connectivity index (χ0n) is 12.5. The molecule has 0 amide bonds. The van der Waals surface area contributed by atoms with Gasteiger partial charge in [-0.2, -0.15) is 9.97 Å². The number of halogens is 1. The Bertz CT molecular complexity index is 641. The Balaban J connectivity index is 1.90. The maximum Gasteiger partial charge on any atom is 0.226 e. The number of hydrogen-bond donors (Lipinski definition) is 2. The van der Waals surface area contributed by atoms with Gasteiger partial charge in [-0.05, 0) is 31.4 Å². The van der Waals surface area contributed by atoms with Gasteiger partial charge in [0.15, 0.2) is 17.0 Å². The quantitative estimate of drug-likeness (QED) is 0.626. The first-order valence-electron chi connectivity index (χ1n) is 7.58. The number of rotatable bonds is 6. The Hall–Kier alpha value is -1.44. The Morgan fingerprint density at radius 1 is 1.45 bits per heavy atom. The Kier molecular flexibility index (Phi) is 4.75. The van der Waals surface area contributed by atoms with Crippen molar-refractivity contribution in [2.75, 3.05) is 18.5 Å². The van der Waals surface area contributed by atoms with Crippen molar-refractivity contribution < 1.29 is 9.84 Å². The number of ether oxygens (including phenoxy) is 1. The zero-order valence-corrected chi connectivity index (χ0v) is 13.3. The van der Waals surface area contributed by atoms with Crippen molar-refractivity contribution in [3.05, 3.63) is 11.6 Å². The minimum Gasteiger partial charge on any atom is -0.394 e. The van der Waals surface area contributed by atoms with Gasteiger partial charge in [-0.3, -0.25) is 0 Å². The first-order valence-corrected chi connectivity index (χ1v) is 7.96. The Morgan fingerprint density at radius 2 is 2.23 bits per heavy atom. The summed E-state index contributed by atoms with van der Waals surface area (Å²) in [5.74, 6) is 0.553. The van der Waals surface area contributed by atoms with Crippen LogP contribution in [0.1, 0.15) is 38.6 Å². The van der Waals surface area contributed by atoms with Crippen molar-refractivity contribution in [1.82, 2.24) is 19.5 Å². The van der Waals surface area contributed by atoms with Crippen LogP contribution < -0.4 is 5.32 Å². The molecule has 2 N–H and O–H groups in total. The van der Waals surface area contributed by atoms with Crippen LogP contribution in [-0.2, 0) is 4.74 Å². The van der Waals surface area contributed by atoms with Gasteiger partial charge in [-0.15, -0.1) is 0 Å². The molecule has 2 aromatic rings. The van der Waals surface area contributed by atoms with E-state index in [4.69, 9.17) is 21.4 Å². The second kappa shape index (κ2) is 6.76. The maximum atomic E-state index is 8.81. The van der Waals surface area contributed by atoms with Gasteiger partial charge in [-0.25, -0.2) is 4.98 Å². The highest BCUT2D eigenvalue weighted by Crippen LogP contribution is 2.33. The summed E-state index contributed by atoms with van der Waals surface area (Å²) in [7, 11) is 0. The number of nitrogens with zero attached hydrogens (tertiary/aromatic N) is 4. The normalized spacial score (nSPS) is 17.2. The van der Waals surface area contributed by atoms with Crippen molar-refractivity contribution in [3.63, 3.8) is 0 Å². The average molecular weight is 326 g/mol. The standard InChI is InChI=1S/C14H20ClN5O2/c1-9(22-7-6-21)17-12-11-13(19-14(15)18-12)20(8-16-11)10-4-2-3-5-10/h8-10,21H,2-7H2,1H3,(H,17,18,19). The second-order valence-electron chi connectivity index (χ2n) is 5.48. The van der Waals surface area contributed by atoms with E-state index in [1.54, 1.807) is 0 Å². The SMILES string of the molecule is CC(Nc1nc(Cl)nc2c1ncn2C1CCCC1)OCCO. The molecule has 8 heteroatoms. The van der Waals surface area contributed by atoms with E-state index >= 15 is 0 Å². The monoisotopic (exact) mass is 325 g/mol. The van der Waals surface area contributed by atoms with Crippen LogP contribution in [0.2, 0.25) is 5.28 Å². The van der Waals surface area contributed by atoms with E-state index in [0.717, 1.165) is 18.5 Å². The summed E-state index contributed by atoms with van der Waals surface area (Å²) in [4.78, 5) is 13.0. The number of nitrogens with one attached hydrogen (secondary N) is 1. The summed E-state index contributed by atoms with van der Waals surface area (Å²) in [5, 5.41) is 12.1. The van der Waals surface area contributed by atoms with E-state index in [2.05, 4.69) is 24.8 Å². The van der Waals surface area contributed by atoms with Crippen LogP contribution in [-0.4, -0.2) is 44.1 Å². The molecule has 1 fully saturated rings. The molecule has 3 rings (SSSR count). The van der Waals surface area contributed by atoms with Crippen molar-refractivity contribution >= 4 is 28.6 Å². The van der Waals surface area contributed by atoms with Crippen molar-refractivity contribution in [2.45, 2.75) is 44.9 Å². The van der Waals surface area contributed by atoms with Crippen LogP contribution in [0.25, 0.3) is 11.2 Å². The van der Waals surface area contributed by atoms with Crippen LogP contribution in [0.15, 0.2) is 6.33 Å². The van der Waals surface area contributed by atoms with Gasteiger partial charge in [0, 0.05) is 6.04 Å². The molecule has 2 heterocycles. The topological polar surface area (TPSA) is 85.1 Å². The van der Waals surface area contributed by atoms with E-state index in [1.807, 2.05) is 13.3 Å². The first kappa shape index (κ1) is 15.5. The molecular weight excluding hydrogens is 306 g/mol. The molecule has 0 aromatic carbocycles. The lowest BCUT2D eigenvalue weighted by atomic mass is 10.2. The molecule has 0 aliphatic heterocycles. The molecule has 0 radical (unpaired) electrons. The van der Waals surface area contributed by atoms with Gasteiger partial charge in [0.1, 0.15) is 6.23 Å². The summed E-state index contributed by atoms with van der Waals surface area (Å²) < 4.78 is 7.49. The lowest BCUT2D eigenvalue weighted by molar-refractivity contribution is 0.0540. The van der Waals surface area contributed by atoms with Gasteiger partial charge in [0.05, 0.1) is 19.5 Å². The summed E-state index contributed by atoms with van der Waals surface area (Å²) in [6.45, 7) is 2.07. The maximum absolute atomic E-state index is 8.81. The van der Waals surface area contributed by atoms with E-state index in [0.29, 0.717) is 17.4 Å². The third-order valence-corrected chi connectivity index (χ3v) is 4.08. The molecule has 2 aromatic heterocycles. The van der Waals surface area contributed by atoms with Crippen LogP contribution in [0.4, 0.5) is 5.82 Å². The summed E-state index contributed by atoms with van der Waals surface area (Å²) in [6, 6.07) is 0.437. The molecule has 0 saturated heterocycles. The smallest absolute Gasteiger partial charge is 0.226 e. The van der Waals surface area contributed by atoms with Gasteiger partial charge < -0.3 is 19.7 Å². The van der Waals surface area contributed by atoms with Crippen molar-refractivity contribution in [2.24, 2.45) is 0 Å². The van der Waals surface area contributed by atoms with Gasteiger partial charge in [0.2, 0.25) is 5.28 Å². The zero-order chi connectivity index (χ0) is 15.5. The number of imidazole rings is 1. The Labute approximate surface area is 133 Å². The third-order valence-electron chi connectivity index (χ3n) is 3.91. The number of aliphatic hydroxyl groups is 1. The minimum atomic E-state index is -0.307. The van der Waals surface area contributed by atoms with E-state index < -0.39 is 0 Å². The average Bonchev–Trinajstić information content (AvgIpc) is 3.13. The van der Waals surface area contributed by atoms with Crippen LogP contribution >= 0.6 is 11.6 Å². The molecule has 1 aliphatic carbocycles. The van der Waals surface area contributed by atoms with Gasteiger partial charge in [-0.1, -0.05) is 12.8 Å². The molecule has 0 bridgehead atoms. The predicted octanol–water partition coefficient (Wildman–Crippen LogP) is 2.36.